The summed E-state index contributed by atoms with van der Waals surface area (Å²) in [5, 5.41) is 9.79. The topological polar surface area (TPSA) is 55.8 Å². The van der Waals surface area contributed by atoms with Crippen LogP contribution in [-0.2, 0) is 9.53 Å². The number of hydrogen-bond donors (Lipinski definition) is 1. The molecule has 1 aromatic carbocycles. The number of esters is 1. The van der Waals surface area contributed by atoms with Gasteiger partial charge < -0.3 is 14.6 Å². The summed E-state index contributed by atoms with van der Waals surface area (Å²) in [5.41, 5.74) is 0.520. The Morgan fingerprint density at radius 3 is 2.82 bits per heavy atom. The van der Waals surface area contributed by atoms with Crippen molar-refractivity contribution in [3.8, 4) is 17.6 Å². The Bertz CT molecular complexity index is 442. The van der Waals surface area contributed by atoms with Gasteiger partial charge in [0, 0.05) is 11.5 Å². The Morgan fingerprint density at radius 2 is 2.18 bits per heavy atom. The van der Waals surface area contributed by atoms with Gasteiger partial charge in [-0.05, 0) is 13.0 Å². The van der Waals surface area contributed by atoms with E-state index in [1.54, 1.807) is 31.2 Å². The second-order valence-electron chi connectivity index (χ2n) is 3.13. The normalized spacial score (nSPS) is 11.0. The van der Waals surface area contributed by atoms with Crippen molar-refractivity contribution in [2.24, 2.45) is 0 Å². The molecule has 90 valence electrons. The van der Waals surface area contributed by atoms with Gasteiger partial charge >= 0.3 is 5.97 Å². The average molecular weight is 234 g/mol. The number of aliphatic hydroxyl groups is 1. The molecule has 1 unspecified atom stereocenters. The molecule has 1 aromatic rings. The number of para-hydroxylation sites is 1. The van der Waals surface area contributed by atoms with Crippen LogP contribution in [0.2, 0.25) is 0 Å². The van der Waals surface area contributed by atoms with Gasteiger partial charge in [-0.15, -0.1) is 0 Å². The fourth-order valence-electron chi connectivity index (χ4n) is 1.26. The second-order valence-corrected chi connectivity index (χ2v) is 3.13. The van der Waals surface area contributed by atoms with Crippen LogP contribution >= 0.6 is 0 Å². The number of ether oxygens (including phenoxy) is 2. The van der Waals surface area contributed by atoms with Gasteiger partial charge in [0.05, 0.1) is 13.7 Å². The van der Waals surface area contributed by atoms with Crippen molar-refractivity contribution in [2.75, 3.05) is 13.7 Å². The Hall–Kier alpha value is -1.99. The third kappa shape index (κ3) is 3.82. The van der Waals surface area contributed by atoms with E-state index < -0.39 is 12.1 Å². The molecule has 0 spiro atoms. The highest BCUT2D eigenvalue weighted by atomic mass is 16.5. The monoisotopic (exact) mass is 234 g/mol. The number of hydrogen-bond acceptors (Lipinski definition) is 4. The summed E-state index contributed by atoms with van der Waals surface area (Å²) >= 11 is 0. The van der Waals surface area contributed by atoms with E-state index in [0.717, 1.165) is 0 Å². The molecule has 17 heavy (non-hydrogen) atoms. The Morgan fingerprint density at radius 1 is 1.47 bits per heavy atom. The zero-order chi connectivity index (χ0) is 12.7. The highest BCUT2D eigenvalue weighted by Gasteiger charge is 2.09. The SMILES string of the molecule is CCOC(=O)C#CC(O)c1ccccc1OC. The molecule has 0 saturated carbocycles. The fraction of sp³-hybridized carbons (Fsp3) is 0.308. The van der Waals surface area contributed by atoms with Crippen LogP contribution in [0.5, 0.6) is 5.75 Å². The van der Waals surface area contributed by atoms with Crippen LogP contribution in [-0.4, -0.2) is 24.8 Å². The molecule has 0 aromatic heterocycles. The summed E-state index contributed by atoms with van der Waals surface area (Å²) in [6.07, 6.45) is -1.07. The first-order valence-electron chi connectivity index (χ1n) is 5.18. The predicted octanol–water partition coefficient (Wildman–Crippen LogP) is 1.30. The van der Waals surface area contributed by atoms with Gasteiger partial charge in [-0.2, -0.15) is 0 Å². The van der Waals surface area contributed by atoms with Gasteiger partial charge in [-0.25, -0.2) is 4.79 Å². The number of carbonyl (C=O) groups excluding carboxylic acids is 1. The van der Waals surface area contributed by atoms with Crippen LogP contribution in [0.4, 0.5) is 0 Å². The molecular formula is C13H14O4. The van der Waals surface area contributed by atoms with Gasteiger partial charge in [0.25, 0.3) is 0 Å². The summed E-state index contributed by atoms with van der Waals surface area (Å²) in [6, 6.07) is 6.94. The van der Waals surface area contributed by atoms with E-state index in [4.69, 9.17) is 4.74 Å². The van der Waals surface area contributed by atoms with Gasteiger partial charge in [0.1, 0.15) is 11.9 Å². The summed E-state index contributed by atoms with van der Waals surface area (Å²) < 4.78 is 9.71. The Kier molecular flexibility index (Phi) is 5.05. The van der Waals surface area contributed by atoms with Crippen LogP contribution in [0.3, 0.4) is 0 Å². The molecule has 0 saturated heterocycles. The predicted molar refractivity (Wildman–Crippen MR) is 62.4 cm³/mol. The third-order valence-corrected chi connectivity index (χ3v) is 2.02. The molecule has 4 heteroatoms. The van der Waals surface area contributed by atoms with E-state index in [-0.39, 0.29) is 6.61 Å². The molecule has 0 aliphatic rings. The van der Waals surface area contributed by atoms with Crippen molar-refractivity contribution in [3.63, 3.8) is 0 Å². The molecule has 0 amide bonds. The van der Waals surface area contributed by atoms with E-state index in [1.807, 2.05) is 0 Å². The third-order valence-electron chi connectivity index (χ3n) is 2.02. The lowest BCUT2D eigenvalue weighted by Gasteiger charge is -2.09. The first kappa shape index (κ1) is 13.1. The molecule has 1 rings (SSSR count). The quantitative estimate of drug-likeness (QED) is 0.486. The van der Waals surface area contributed by atoms with Crippen molar-refractivity contribution in [3.05, 3.63) is 29.8 Å². The lowest BCUT2D eigenvalue weighted by atomic mass is 10.1. The van der Waals surface area contributed by atoms with Gasteiger partial charge in [0.2, 0.25) is 0 Å². The number of carbonyl (C=O) groups is 1. The second kappa shape index (κ2) is 6.56. The molecule has 0 aliphatic carbocycles. The van der Waals surface area contributed by atoms with Crippen molar-refractivity contribution in [2.45, 2.75) is 13.0 Å². The van der Waals surface area contributed by atoms with Crippen LogP contribution < -0.4 is 4.74 Å². The zero-order valence-electron chi connectivity index (χ0n) is 9.77. The summed E-state index contributed by atoms with van der Waals surface area (Å²) in [4.78, 5) is 11.0. The molecule has 1 atom stereocenters. The lowest BCUT2D eigenvalue weighted by Crippen LogP contribution is -2.02. The van der Waals surface area contributed by atoms with E-state index in [2.05, 4.69) is 16.6 Å². The smallest absolute Gasteiger partial charge is 0.384 e. The van der Waals surface area contributed by atoms with Crippen LogP contribution in [0, 0.1) is 11.8 Å². The molecule has 0 radical (unpaired) electrons. The van der Waals surface area contributed by atoms with Crippen molar-refractivity contribution >= 4 is 5.97 Å². The summed E-state index contributed by atoms with van der Waals surface area (Å²) in [6.45, 7) is 1.95. The minimum absolute atomic E-state index is 0.262. The van der Waals surface area contributed by atoms with E-state index in [9.17, 15) is 9.90 Å². The molecule has 0 aliphatic heterocycles. The van der Waals surface area contributed by atoms with Crippen LogP contribution in [0.15, 0.2) is 24.3 Å². The summed E-state index contributed by atoms with van der Waals surface area (Å²) in [5.74, 6) is 4.50. The van der Waals surface area contributed by atoms with Gasteiger partial charge in [0.15, 0.2) is 0 Å². The van der Waals surface area contributed by atoms with Crippen molar-refractivity contribution in [1.29, 1.82) is 0 Å². The highest BCUT2D eigenvalue weighted by Crippen LogP contribution is 2.23. The minimum atomic E-state index is -1.07. The lowest BCUT2D eigenvalue weighted by molar-refractivity contribution is -0.136. The minimum Gasteiger partial charge on any atom is -0.496 e. The highest BCUT2D eigenvalue weighted by molar-refractivity contribution is 5.88. The molecular weight excluding hydrogens is 220 g/mol. The van der Waals surface area contributed by atoms with Crippen LogP contribution in [0.25, 0.3) is 0 Å². The standard InChI is InChI=1S/C13H14O4/c1-3-17-13(15)9-8-11(14)10-6-4-5-7-12(10)16-2/h4-7,11,14H,3H2,1-2H3. The molecule has 1 N–H and O–H groups in total. The molecule has 4 nitrogen and oxygen atoms in total. The van der Waals surface area contributed by atoms with Crippen molar-refractivity contribution in [1.82, 2.24) is 0 Å². The van der Waals surface area contributed by atoms with Gasteiger partial charge in [-0.3, -0.25) is 0 Å². The maximum absolute atomic E-state index is 11.0. The van der Waals surface area contributed by atoms with E-state index >= 15 is 0 Å². The number of rotatable bonds is 3. The average Bonchev–Trinajstić information content (AvgIpc) is 2.36. The Labute approximate surface area is 100 Å². The van der Waals surface area contributed by atoms with Crippen LogP contribution in [0.1, 0.15) is 18.6 Å². The largest absolute Gasteiger partial charge is 0.496 e. The van der Waals surface area contributed by atoms with Gasteiger partial charge in [-0.1, -0.05) is 24.1 Å². The zero-order valence-corrected chi connectivity index (χ0v) is 9.77. The summed E-state index contributed by atoms with van der Waals surface area (Å²) in [7, 11) is 1.50. The molecule has 0 bridgehead atoms. The van der Waals surface area contributed by atoms with Crippen molar-refractivity contribution < 1.29 is 19.4 Å². The first-order valence-corrected chi connectivity index (χ1v) is 5.18. The maximum Gasteiger partial charge on any atom is 0.384 e. The number of aliphatic hydroxyl groups excluding tert-OH is 1. The maximum atomic E-state index is 11.0. The first-order chi connectivity index (χ1) is 8.19. The number of benzene rings is 1. The van der Waals surface area contributed by atoms with E-state index in [0.29, 0.717) is 11.3 Å². The van der Waals surface area contributed by atoms with E-state index in [1.165, 1.54) is 7.11 Å². The molecule has 0 heterocycles. The fourth-order valence-corrected chi connectivity index (χ4v) is 1.26. The molecule has 0 fully saturated rings. The Balaban J connectivity index is 2.82. The number of methoxy groups -OCH3 is 1.